The zero-order valence-electron chi connectivity index (χ0n) is 13.5. The van der Waals surface area contributed by atoms with Crippen LogP contribution in [-0.2, 0) is 11.3 Å². The number of carbonyl (C=O) groups excluding carboxylic acids is 1. The molecule has 0 atom stereocenters. The van der Waals surface area contributed by atoms with Crippen LogP contribution < -0.4 is 21.1 Å². The number of amides is 1. The molecule has 0 fully saturated rings. The molecular formula is C18H17ClN4O2. The first-order valence-corrected chi connectivity index (χ1v) is 7.74. The van der Waals surface area contributed by atoms with Crippen molar-refractivity contribution in [1.82, 2.24) is 5.32 Å². The third kappa shape index (κ3) is 5.16. The van der Waals surface area contributed by atoms with Crippen molar-refractivity contribution in [3.63, 3.8) is 0 Å². The van der Waals surface area contributed by atoms with Gasteiger partial charge < -0.3 is 21.1 Å². The van der Waals surface area contributed by atoms with Gasteiger partial charge in [-0.3, -0.25) is 4.79 Å². The Bertz CT molecular complexity index is 843. The number of anilines is 2. The monoisotopic (exact) mass is 356 g/mol. The number of carbonyl (C=O) groups is 1. The lowest BCUT2D eigenvalue weighted by Gasteiger charge is -2.08. The predicted molar refractivity (Wildman–Crippen MR) is 98.0 cm³/mol. The lowest BCUT2D eigenvalue weighted by atomic mass is 10.2. The van der Waals surface area contributed by atoms with Crippen LogP contribution in [0.2, 0.25) is 5.02 Å². The number of halogens is 1. The van der Waals surface area contributed by atoms with Crippen molar-refractivity contribution in [3.05, 3.63) is 64.8 Å². The number of hydrogen-bond acceptors (Lipinski definition) is 5. The van der Waals surface area contributed by atoms with Crippen molar-refractivity contribution in [1.29, 1.82) is 5.26 Å². The number of nitriles is 1. The number of nitrogen functional groups attached to an aromatic ring is 1. The van der Waals surface area contributed by atoms with Crippen molar-refractivity contribution in [2.24, 2.45) is 0 Å². The first kappa shape index (κ1) is 18.2. The minimum atomic E-state index is -0.563. The molecule has 1 amide bonds. The fraction of sp³-hybridized carbons (Fsp3) is 0.111. The summed E-state index contributed by atoms with van der Waals surface area (Å²) < 4.78 is 5.15. The van der Waals surface area contributed by atoms with Crippen LogP contribution in [0.5, 0.6) is 5.75 Å². The standard InChI is InChI=1S/C18H17ClN4O2/c1-25-15-4-2-3-12(7-15)10-22-11-13(9-20)18(24)23-17-6-5-14(21)8-16(17)19/h2-8,11,22H,10,21H2,1H3,(H,23,24)/b13-11-. The number of nitrogens with two attached hydrogens (primary N) is 1. The third-order valence-corrected chi connectivity index (χ3v) is 3.61. The summed E-state index contributed by atoms with van der Waals surface area (Å²) in [6.07, 6.45) is 1.36. The Labute approximate surface area is 150 Å². The van der Waals surface area contributed by atoms with Gasteiger partial charge in [0, 0.05) is 18.4 Å². The maximum Gasteiger partial charge on any atom is 0.267 e. The van der Waals surface area contributed by atoms with Gasteiger partial charge in [-0.05, 0) is 35.9 Å². The van der Waals surface area contributed by atoms with Crippen LogP contribution in [0.3, 0.4) is 0 Å². The maximum atomic E-state index is 12.2. The van der Waals surface area contributed by atoms with Gasteiger partial charge >= 0.3 is 0 Å². The van der Waals surface area contributed by atoms with Crippen molar-refractivity contribution < 1.29 is 9.53 Å². The molecule has 25 heavy (non-hydrogen) atoms. The first-order chi connectivity index (χ1) is 12.0. The summed E-state index contributed by atoms with van der Waals surface area (Å²) in [4.78, 5) is 12.2. The molecule has 2 aromatic rings. The Morgan fingerprint density at radius 2 is 2.16 bits per heavy atom. The van der Waals surface area contributed by atoms with Crippen molar-refractivity contribution >= 4 is 28.9 Å². The molecule has 0 saturated carbocycles. The Kier molecular flexibility index (Phi) is 6.26. The van der Waals surface area contributed by atoms with Crippen LogP contribution in [0.4, 0.5) is 11.4 Å². The van der Waals surface area contributed by atoms with E-state index in [1.165, 1.54) is 12.3 Å². The lowest BCUT2D eigenvalue weighted by Crippen LogP contribution is -2.17. The Balaban J connectivity index is 2.01. The van der Waals surface area contributed by atoms with E-state index in [4.69, 9.17) is 22.1 Å². The summed E-state index contributed by atoms with van der Waals surface area (Å²) in [6, 6.07) is 14.0. The third-order valence-electron chi connectivity index (χ3n) is 3.29. The van der Waals surface area contributed by atoms with E-state index in [0.717, 1.165) is 11.3 Å². The summed E-state index contributed by atoms with van der Waals surface area (Å²) in [7, 11) is 1.59. The second-order valence-corrected chi connectivity index (χ2v) is 5.50. The molecule has 2 rings (SSSR count). The Morgan fingerprint density at radius 1 is 1.36 bits per heavy atom. The van der Waals surface area contributed by atoms with Gasteiger partial charge in [-0.15, -0.1) is 0 Å². The van der Waals surface area contributed by atoms with E-state index in [1.807, 2.05) is 30.3 Å². The predicted octanol–water partition coefficient (Wildman–Crippen LogP) is 3.07. The van der Waals surface area contributed by atoms with Crippen LogP contribution in [0.25, 0.3) is 0 Å². The lowest BCUT2D eigenvalue weighted by molar-refractivity contribution is -0.112. The van der Waals surface area contributed by atoms with Gasteiger partial charge in [0.05, 0.1) is 17.8 Å². The SMILES string of the molecule is COc1cccc(CN/C=C(/C#N)C(=O)Nc2ccc(N)cc2Cl)c1. The van der Waals surface area contributed by atoms with E-state index in [-0.39, 0.29) is 5.57 Å². The zero-order valence-corrected chi connectivity index (χ0v) is 14.3. The smallest absolute Gasteiger partial charge is 0.267 e. The molecule has 7 heteroatoms. The summed E-state index contributed by atoms with van der Waals surface area (Å²) in [5, 5.41) is 15.0. The first-order valence-electron chi connectivity index (χ1n) is 7.36. The fourth-order valence-electron chi connectivity index (χ4n) is 2.02. The molecule has 0 saturated heterocycles. The van der Waals surface area contributed by atoms with E-state index in [0.29, 0.717) is 22.9 Å². The molecule has 0 heterocycles. The summed E-state index contributed by atoms with van der Waals surface area (Å²) >= 11 is 6.01. The highest BCUT2D eigenvalue weighted by molar-refractivity contribution is 6.34. The zero-order chi connectivity index (χ0) is 18.2. The molecule has 0 spiro atoms. The molecule has 0 bridgehead atoms. The van der Waals surface area contributed by atoms with Gasteiger partial charge in [-0.2, -0.15) is 5.26 Å². The van der Waals surface area contributed by atoms with E-state index in [2.05, 4.69) is 10.6 Å². The molecule has 0 radical (unpaired) electrons. The molecule has 0 aliphatic carbocycles. The summed E-state index contributed by atoms with van der Waals surface area (Å²) in [5.74, 6) is 0.173. The number of nitrogens with one attached hydrogen (secondary N) is 2. The summed E-state index contributed by atoms with van der Waals surface area (Å²) in [6.45, 7) is 0.443. The normalized spacial score (nSPS) is 10.7. The van der Waals surface area contributed by atoms with Crippen LogP contribution in [0.1, 0.15) is 5.56 Å². The van der Waals surface area contributed by atoms with Gasteiger partial charge in [0.2, 0.25) is 0 Å². The number of rotatable bonds is 6. The summed E-state index contributed by atoms with van der Waals surface area (Å²) in [5.41, 5.74) is 7.36. The van der Waals surface area contributed by atoms with Gasteiger partial charge in [0.15, 0.2) is 0 Å². The maximum absolute atomic E-state index is 12.2. The van der Waals surface area contributed by atoms with Gasteiger partial charge in [0.25, 0.3) is 5.91 Å². The number of ether oxygens (including phenoxy) is 1. The van der Waals surface area contributed by atoms with E-state index in [1.54, 1.807) is 19.2 Å². The molecule has 4 N–H and O–H groups in total. The van der Waals surface area contributed by atoms with Gasteiger partial charge in [-0.25, -0.2) is 0 Å². The number of hydrogen-bond donors (Lipinski definition) is 3. The van der Waals surface area contributed by atoms with Gasteiger partial charge in [0.1, 0.15) is 17.4 Å². The molecule has 128 valence electrons. The van der Waals surface area contributed by atoms with Crippen LogP contribution in [-0.4, -0.2) is 13.0 Å². The molecule has 6 nitrogen and oxygen atoms in total. The average Bonchev–Trinajstić information content (AvgIpc) is 2.61. The number of nitrogens with zero attached hydrogens (tertiary/aromatic N) is 1. The van der Waals surface area contributed by atoms with Crippen molar-refractivity contribution in [2.75, 3.05) is 18.2 Å². The number of benzene rings is 2. The minimum Gasteiger partial charge on any atom is -0.497 e. The Morgan fingerprint density at radius 3 is 2.84 bits per heavy atom. The molecule has 0 aromatic heterocycles. The highest BCUT2D eigenvalue weighted by Gasteiger charge is 2.11. The molecule has 0 unspecified atom stereocenters. The number of methoxy groups -OCH3 is 1. The molecule has 2 aromatic carbocycles. The molecular weight excluding hydrogens is 340 g/mol. The topological polar surface area (TPSA) is 100 Å². The van der Waals surface area contributed by atoms with E-state index >= 15 is 0 Å². The molecule has 0 aliphatic heterocycles. The quantitative estimate of drug-likeness (QED) is 0.419. The largest absolute Gasteiger partial charge is 0.497 e. The van der Waals surface area contributed by atoms with Crippen molar-refractivity contribution in [3.8, 4) is 11.8 Å². The average molecular weight is 357 g/mol. The second kappa shape index (κ2) is 8.62. The second-order valence-electron chi connectivity index (χ2n) is 5.10. The van der Waals surface area contributed by atoms with Crippen LogP contribution in [0.15, 0.2) is 54.2 Å². The van der Waals surface area contributed by atoms with E-state index < -0.39 is 5.91 Å². The Hall–Kier alpha value is -3.17. The highest BCUT2D eigenvalue weighted by atomic mass is 35.5. The van der Waals surface area contributed by atoms with Crippen LogP contribution in [0, 0.1) is 11.3 Å². The highest BCUT2D eigenvalue weighted by Crippen LogP contribution is 2.24. The van der Waals surface area contributed by atoms with Crippen molar-refractivity contribution in [2.45, 2.75) is 6.54 Å². The minimum absolute atomic E-state index is 0.0733. The molecule has 0 aliphatic rings. The van der Waals surface area contributed by atoms with Gasteiger partial charge in [-0.1, -0.05) is 23.7 Å². The fourth-order valence-corrected chi connectivity index (χ4v) is 2.26. The van der Waals surface area contributed by atoms with E-state index in [9.17, 15) is 10.1 Å². The van der Waals surface area contributed by atoms with Crippen LogP contribution >= 0.6 is 11.6 Å².